The molecule has 2 bridgehead atoms. The summed E-state index contributed by atoms with van der Waals surface area (Å²) >= 11 is 0. The van der Waals surface area contributed by atoms with Crippen LogP contribution in [0.2, 0.25) is 0 Å². The maximum atomic E-state index is 14.6. The highest BCUT2D eigenvalue weighted by Crippen LogP contribution is 2.40. The van der Waals surface area contributed by atoms with Gasteiger partial charge in [-0.05, 0) is 59.8 Å². The molecule has 6 rings (SSSR count). The molecular weight excluding hydrogens is 1340 g/mol. The van der Waals surface area contributed by atoms with Crippen molar-refractivity contribution in [3.05, 3.63) is 0 Å². The molecule has 0 aromatic heterocycles. The van der Waals surface area contributed by atoms with E-state index < -0.39 is 178 Å². The van der Waals surface area contributed by atoms with Gasteiger partial charge in [-0.2, -0.15) is 0 Å². The highest BCUT2D eigenvalue weighted by atomic mass is 16.8. The number of hydrogen-bond donors (Lipinski definition) is 9. The van der Waals surface area contributed by atoms with Crippen molar-refractivity contribution in [3.63, 3.8) is 0 Å². The van der Waals surface area contributed by atoms with Crippen molar-refractivity contribution in [2.75, 3.05) is 6.61 Å². The number of carbonyl (C=O) groups is 3. The third-order valence-electron chi connectivity index (χ3n) is 21.7. The van der Waals surface area contributed by atoms with E-state index in [9.17, 15) is 60.3 Å². The lowest BCUT2D eigenvalue weighted by atomic mass is 9.95. The zero-order valence-electron chi connectivity index (χ0n) is 63.8. The average Bonchev–Trinajstić information content (AvgIpc) is 0.777. The molecule has 26 atom stereocenters. The second-order valence-electron chi connectivity index (χ2n) is 30.5. The lowest BCUT2D eigenvalue weighted by molar-refractivity contribution is -0.400. The predicted octanol–water partition coefficient (Wildman–Crippen LogP) is 10.3. The molecule has 6 saturated heterocycles. The SMILES string of the molecule is CCCCCCCCCCCCCCCC(=O)O[C@@H]1[C@@H](O)[C@@H](O)[C@H](O[C@@H]2[C@@H](O[C@@H]3O[C@H](CO)[C@@H](O)[C@H](O)[C@H]3O)[C@@H](OC(=O)CCCCCCCCCCCCCCC)[C@H](O[C@@H]3[C@H]4OC(=O)CCCCCCCCC[C@H](CCCCC)O[C@@H]5O[C@H](C)[C@H](O)[C@H](O)[C@H]5O[C@H](O[C@H]3C)[C@@H]4O)O[C@H]2C)O[C@H]1C. The van der Waals surface area contributed by atoms with Crippen LogP contribution in [0.4, 0.5) is 0 Å². The van der Waals surface area contributed by atoms with Gasteiger partial charge in [0.05, 0.1) is 37.1 Å². The summed E-state index contributed by atoms with van der Waals surface area (Å²) < 4.78 is 83.2. The first-order chi connectivity index (χ1) is 49.7. The summed E-state index contributed by atoms with van der Waals surface area (Å²) in [4.78, 5) is 42.1. The molecule has 6 heterocycles. The number of carbonyl (C=O) groups excluding carboxylic acids is 3. The van der Waals surface area contributed by atoms with E-state index in [0.717, 1.165) is 109 Å². The Kier molecular flexibility index (Phi) is 43.2. The van der Waals surface area contributed by atoms with Gasteiger partial charge in [-0.1, -0.05) is 233 Å². The molecule has 0 aromatic rings. The molecule has 25 heteroatoms. The van der Waals surface area contributed by atoms with Crippen molar-refractivity contribution in [2.24, 2.45) is 0 Å². The van der Waals surface area contributed by atoms with Crippen LogP contribution in [0.1, 0.15) is 312 Å². The molecule has 0 saturated carbocycles. The zero-order valence-corrected chi connectivity index (χ0v) is 63.8. The minimum absolute atomic E-state index is 0.0408. The van der Waals surface area contributed by atoms with Crippen molar-refractivity contribution >= 4 is 17.9 Å². The molecular formula is C78H140O25. The largest absolute Gasteiger partial charge is 0.457 e. The molecule has 0 aromatic carbocycles. The topological polar surface area (TPSA) is 353 Å². The molecule has 0 amide bonds. The molecule has 0 aliphatic carbocycles. The number of fused-ring (bicyclic) bond motifs is 3. The van der Waals surface area contributed by atoms with E-state index >= 15 is 0 Å². The molecule has 0 unspecified atom stereocenters. The van der Waals surface area contributed by atoms with Gasteiger partial charge in [0.15, 0.2) is 49.8 Å². The van der Waals surface area contributed by atoms with Crippen molar-refractivity contribution in [1.29, 1.82) is 0 Å². The molecule has 0 radical (unpaired) electrons. The number of hydrogen-bond acceptors (Lipinski definition) is 25. The Bertz CT molecular complexity index is 2250. The highest BCUT2D eigenvalue weighted by molar-refractivity contribution is 5.70. The number of aliphatic hydroxyl groups excluding tert-OH is 9. The van der Waals surface area contributed by atoms with Gasteiger partial charge in [0.1, 0.15) is 79.4 Å². The maximum absolute atomic E-state index is 14.6. The molecule has 6 fully saturated rings. The van der Waals surface area contributed by atoms with Gasteiger partial charge >= 0.3 is 17.9 Å². The Morgan fingerprint density at radius 2 is 0.806 bits per heavy atom. The number of esters is 3. The summed E-state index contributed by atoms with van der Waals surface area (Å²) in [6.07, 6.45) is -1.54. The number of aliphatic hydroxyl groups is 9. The molecule has 602 valence electrons. The first kappa shape index (κ1) is 89.5. The second kappa shape index (κ2) is 49.7. The van der Waals surface area contributed by atoms with Crippen LogP contribution in [0.3, 0.4) is 0 Å². The first-order valence-corrected chi connectivity index (χ1v) is 40.9. The molecule has 0 spiro atoms. The minimum atomic E-state index is -2.02. The quantitative estimate of drug-likeness (QED) is 0.0156. The van der Waals surface area contributed by atoms with E-state index in [-0.39, 0.29) is 25.4 Å². The van der Waals surface area contributed by atoms with Gasteiger partial charge in [-0.25, -0.2) is 0 Å². The number of unbranched alkanes of at least 4 members (excludes halogenated alkanes) is 26. The Labute approximate surface area is 615 Å². The Morgan fingerprint density at radius 1 is 0.369 bits per heavy atom. The van der Waals surface area contributed by atoms with Crippen LogP contribution in [0.25, 0.3) is 0 Å². The summed E-state index contributed by atoms with van der Waals surface area (Å²) in [5.41, 5.74) is 0. The van der Waals surface area contributed by atoms with Crippen LogP contribution in [-0.2, 0) is 76.0 Å². The van der Waals surface area contributed by atoms with Crippen molar-refractivity contribution < 1.29 is 122 Å². The standard InChI is InChI=1S/C78H140O25/c1-8-11-14-16-18-20-22-24-26-28-32-36-41-46-56(80)97-67-51(5)92-74(65(89)63(67)87)100-69-53(7)94-78(73(72(69)103-75-64(88)61(85)60(84)55(49-79)96-75)99-58(82)48-43-37-33-29-27-25-23-21-19-17-15-12-9-2)101-68-52(6)93-76-66(90)70(68)98-57(81)47-42-38-34-30-31-35-40-45-54(44-39-13-10-3)95-77-71(102-76)62(86)59(83)50(4)91-77/h50-55,59-79,83-90H,8-49H2,1-7H3/t50-,51+,52+,53+,54+,55-,59+,60-,61+,62+,63+,64-,65-,66-,67+,68+,69+,70+,71-,72-,73-,74+,75+,76+,77+,78+/m1/s1. The molecule has 103 heavy (non-hydrogen) atoms. The van der Waals surface area contributed by atoms with E-state index in [2.05, 4.69) is 20.8 Å². The second-order valence-corrected chi connectivity index (χ2v) is 30.5. The molecule has 6 aliphatic rings. The van der Waals surface area contributed by atoms with E-state index in [1.54, 1.807) is 13.8 Å². The summed E-state index contributed by atoms with van der Waals surface area (Å²) in [5.74, 6) is -2.05. The summed E-state index contributed by atoms with van der Waals surface area (Å²) in [6.45, 7) is 11.9. The highest BCUT2D eigenvalue weighted by Gasteiger charge is 2.59. The average molecular weight is 1480 g/mol. The zero-order chi connectivity index (χ0) is 74.6. The van der Waals surface area contributed by atoms with E-state index in [0.29, 0.717) is 38.5 Å². The van der Waals surface area contributed by atoms with Crippen molar-refractivity contribution in [1.82, 2.24) is 0 Å². The smallest absolute Gasteiger partial charge is 0.306 e. The monoisotopic (exact) mass is 1480 g/mol. The molecule has 9 N–H and O–H groups in total. The van der Waals surface area contributed by atoms with E-state index in [4.69, 9.17) is 61.6 Å². The lowest BCUT2D eigenvalue weighted by Gasteiger charge is -2.51. The molecule has 25 nitrogen and oxygen atoms in total. The summed E-state index contributed by atoms with van der Waals surface area (Å²) in [5, 5.41) is 103. The van der Waals surface area contributed by atoms with Crippen LogP contribution in [0.5, 0.6) is 0 Å². The van der Waals surface area contributed by atoms with Gasteiger partial charge in [-0.15, -0.1) is 0 Å². The lowest BCUT2D eigenvalue weighted by Crippen LogP contribution is -2.68. The summed E-state index contributed by atoms with van der Waals surface area (Å²) in [6, 6.07) is 0. The van der Waals surface area contributed by atoms with Crippen LogP contribution in [-0.4, -0.2) is 230 Å². The van der Waals surface area contributed by atoms with Gasteiger partial charge in [0, 0.05) is 19.3 Å². The maximum Gasteiger partial charge on any atom is 0.306 e. The van der Waals surface area contributed by atoms with Gasteiger partial charge in [-0.3, -0.25) is 14.4 Å². The predicted molar refractivity (Wildman–Crippen MR) is 381 cm³/mol. The van der Waals surface area contributed by atoms with Crippen LogP contribution in [0.15, 0.2) is 0 Å². The van der Waals surface area contributed by atoms with Crippen LogP contribution in [0, 0.1) is 0 Å². The Balaban J connectivity index is 1.27. The fraction of sp³-hybridized carbons (Fsp3) is 0.962. The van der Waals surface area contributed by atoms with Crippen molar-refractivity contribution in [2.45, 2.75) is 471 Å². The Hall–Kier alpha value is -2.35. The van der Waals surface area contributed by atoms with Crippen LogP contribution < -0.4 is 0 Å². The third kappa shape index (κ3) is 29.8. The first-order valence-electron chi connectivity index (χ1n) is 40.9. The third-order valence-corrected chi connectivity index (χ3v) is 21.7. The van der Waals surface area contributed by atoms with Crippen LogP contribution >= 0.6 is 0 Å². The van der Waals surface area contributed by atoms with E-state index in [1.165, 1.54) is 110 Å². The summed E-state index contributed by atoms with van der Waals surface area (Å²) in [7, 11) is 0. The minimum Gasteiger partial charge on any atom is -0.457 e. The molecule has 6 aliphatic heterocycles. The Morgan fingerprint density at radius 3 is 1.36 bits per heavy atom. The number of rotatable bonds is 41. The van der Waals surface area contributed by atoms with Crippen molar-refractivity contribution in [3.8, 4) is 0 Å². The normalized spacial score (nSPS) is 36.7. The van der Waals surface area contributed by atoms with Gasteiger partial charge in [0.25, 0.3) is 0 Å². The number of ether oxygens (including phenoxy) is 13. The van der Waals surface area contributed by atoms with Gasteiger partial charge < -0.3 is 108 Å². The van der Waals surface area contributed by atoms with Gasteiger partial charge in [0.2, 0.25) is 0 Å². The fourth-order valence-electron chi connectivity index (χ4n) is 15.1. The van der Waals surface area contributed by atoms with E-state index in [1.807, 2.05) is 0 Å². The fourth-order valence-corrected chi connectivity index (χ4v) is 15.1.